The number of carbonyl (C=O) groups excluding carboxylic acids is 1. The Hall–Kier alpha value is -0.920. The van der Waals surface area contributed by atoms with E-state index < -0.39 is 30.2 Å². The number of ether oxygens (including phenoxy) is 1. The minimum atomic E-state index is -5.89. The quantitative estimate of drug-likeness (QED) is 0.782. The van der Waals surface area contributed by atoms with Gasteiger partial charge in [-0.2, -0.15) is 22.0 Å². The third-order valence-corrected chi connectivity index (χ3v) is 2.64. The van der Waals surface area contributed by atoms with Crippen LogP contribution in [0, 0.1) is 0 Å². The van der Waals surface area contributed by atoms with Crippen molar-refractivity contribution in [1.29, 1.82) is 0 Å². The molecule has 1 fully saturated rings. The van der Waals surface area contributed by atoms with E-state index in [4.69, 9.17) is 4.74 Å². The van der Waals surface area contributed by atoms with E-state index >= 15 is 0 Å². The average Bonchev–Trinajstić information content (AvgIpc) is 2.99. The van der Waals surface area contributed by atoms with Crippen molar-refractivity contribution in [3.63, 3.8) is 0 Å². The largest absolute Gasteiger partial charge is 0.463 e. The van der Waals surface area contributed by atoms with Gasteiger partial charge in [-0.05, 0) is 26.7 Å². The van der Waals surface area contributed by atoms with Crippen molar-refractivity contribution < 1.29 is 31.5 Å². The number of hydrogen-bond donors (Lipinski definition) is 1. The zero-order valence-electron chi connectivity index (χ0n) is 9.85. The summed E-state index contributed by atoms with van der Waals surface area (Å²) in [6.45, 7) is 2.83. The van der Waals surface area contributed by atoms with E-state index in [1.165, 1.54) is 13.8 Å². The minimum Gasteiger partial charge on any atom is -0.373 e. The molecule has 1 amide bonds. The Balaban J connectivity index is 2.52. The van der Waals surface area contributed by atoms with Crippen molar-refractivity contribution in [3.05, 3.63) is 0 Å². The van der Waals surface area contributed by atoms with E-state index in [-0.39, 0.29) is 6.10 Å². The summed E-state index contributed by atoms with van der Waals surface area (Å²) in [7, 11) is 0. The molecule has 0 aromatic rings. The van der Waals surface area contributed by atoms with Gasteiger partial charge in [0.2, 0.25) is 0 Å². The summed E-state index contributed by atoms with van der Waals surface area (Å²) in [4.78, 5) is 10.9. The van der Waals surface area contributed by atoms with Crippen LogP contribution in [0.4, 0.5) is 22.0 Å². The Morgan fingerprint density at radius 3 is 2.11 bits per heavy atom. The number of halogens is 5. The first kappa shape index (κ1) is 15.1. The molecule has 0 saturated heterocycles. The SMILES string of the molecule is CC(NC(=O)C(F)(F)C(F)(F)F)C(C)OC1CC1. The standard InChI is InChI=1S/C10H14F5NO2/c1-5(6(2)18-7-3-4-7)16-8(17)9(11,12)10(13,14)15/h5-7H,3-4H2,1-2H3,(H,16,17). The average molecular weight is 275 g/mol. The van der Waals surface area contributed by atoms with Crippen LogP contribution in [0.5, 0.6) is 0 Å². The molecule has 0 aromatic heterocycles. The molecule has 0 aromatic carbocycles. The van der Waals surface area contributed by atoms with Gasteiger partial charge in [-0.3, -0.25) is 4.79 Å². The van der Waals surface area contributed by atoms with Gasteiger partial charge in [0.1, 0.15) is 0 Å². The van der Waals surface area contributed by atoms with Gasteiger partial charge in [-0.1, -0.05) is 0 Å². The van der Waals surface area contributed by atoms with E-state index in [1.54, 1.807) is 5.32 Å². The lowest BCUT2D eigenvalue weighted by Crippen LogP contribution is -2.54. The fraction of sp³-hybridized carbons (Fsp3) is 0.900. The Morgan fingerprint density at radius 1 is 1.22 bits per heavy atom. The molecule has 0 heterocycles. The number of amides is 1. The molecule has 1 aliphatic rings. The van der Waals surface area contributed by atoms with Gasteiger partial charge >= 0.3 is 18.0 Å². The van der Waals surface area contributed by atoms with Crippen LogP contribution in [0.15, 0.2) is 0 Å². The van der Waals surface area contributed by atoms with Crippen molar-refractivity contribution >= 4 is 5.91 Å². The maximum Gasteiger partial charge on any atom is 0.463 e. The topological polar surface area (TPSA) is 38.3 Å². The van der Waals surface area contributed by atoms with Gasteiger partial charge in [-0.25, -0.2) is 0 Å². The highest BCUT2D eigenvalue weighted by molar-refractivity contribution is 5.84. The molecule has 1 saturated carbocycles. The van der Waals surface area contributed by atoms with Gasteiger partial charge in [0, 0.05) is 0 Å². The Morgan fingerprint density at radius 2 is 1.72 bits per heavy atom. The molecule has 2 atom stereocenters. The summed E-state index contributed by atoms with van der Waals surface area (Å²) in [6, 6.07) is -0.925. The highest BCUT2D eigenvalue weighted by atomic mass is 19.4. The highest BCUT2D eigenvalue weighted by Crippen LogP contribution is 2.35. The van der Waals surface area contributed by atoms with E-state index in [0.29, 0.717) is 0 Å². The van der Waals surface area contributed by atoms with Crippen LogP contribution in [-0.2, 0) is 9.53 Å². The summed E-state index contributed by atoms with van der Waals surface area (Å²) < 4.78 is 66.3. The zero-order valence-corrected chi connectivity index (χ0v) is 9.85. The first-order valence-corrected chi connectivity index (χ1v) is 5.46. The van der Waals surface area contributed by atoms with Crippen LogP contribution in [-0.4, -0.2) is 36.3 Å². The maximum absolute atomic E-state index is 12.6. The first-order valence-electron chi connectivity index (χ1n) is 5.46. The second-order valence-corrected chi connectivity index (χ2v) is 4.37. The zero-order chi connectivity index (χ0) is 14.1. The Kier molecular flexibility index (Phi) is 4.19. The molecule has 8 heteroatoms. The number of hydrogen-bond acceptors (Lipinski definition) is 2. The lowest BCUT2D eigenvalue weighted by atomic mass is 10.2. The molecule has 18 heavy (non-hydrogen) atoms. The molecule has 0 aliphatic heterocycles. The fourth-order valence-electron chi connectivity index (χ4n) is 1.17. The van der Waals surface area contributed by atoms with Crippen molar-refractivity contribution in [2.45, 2.75) is 57.0 Å². The first-order chi connectivity index (χ1) is 8.05. The van der Waals surface area contributed by atoms with Crippen LogP contribution < -0.4 is 5.32 Å². The molecular weight excluding hydrogens is 261 g/mol. The highest BCUT2D eigenvalue weighted by Gasteiger charge is 2.63. The van der Waals surface area contributed by atoms with Gasteiger partial charge < -0.3 is 10.1 Å². The molecule has 106 valence electrons. The molecule has 1 aliphatic carbocycles. The van der Waals surface area contributed by atoms with Crippen LogP contribution in [0.3, 0.4) is 0 Å². The van der Waals surface area contributed by atoms with Gasteiger partial charge in [0.25, 0.3) is 0 Å². The molecule has 3 nitrogen and oxygen atoms in total. The number of nitrogens with one attached hydrogen (secondary N) is 1. The lowest BCUT2D eigenvalue weighted by Gasteiger charge is -2.25. The van der Waals surface area contributed by atoms with Crippen molar-refractivity contribution in [3.8, 4) is 0 Å². The summed E-state index contributed by atoms with van der Waals surface area (Å²) in [6.07, 6.45) is -4.82. The smallest absolute Gasteiger partial charge is 0.373 e. The third-order valence-electron chi connectivity index (χ3n) is 2.64. The van der Waals surface area contributed by atoms with Crippen LogP contribution in [0.2, 0.25) is 0 Å². The molecule has 1 rings (SSSR count). The summed E-state index contributed by atoms with van der Waals surface area (Å²) in [5.41, 5.74) is 0. The Bertz CT molecular complexity index is 314. The van der Waals surface area contributed by atoms with E-state index in [1.807, 2.05) is 0 Å². The molecule has 0 bridgehead atoms. The van der Waals surface area contributed by atoms with Crippen LogP contribution in [0.1, 0.15) is 26.7 Å². The lowest BCUT2D eigenvalue weighted by molar-refractivity contribution is -0.270. The summed E-state index contributed by atoms with van der Waals surface area (Å²) >= 11 is 0. The third kappa shape index (κ3) is 3.54. The maximum atomic E-state index is 12.6. The summed E-state index contributed by atoms with van der Waals surface area (Å²) in [5, 5.41) is 1.63. The van der Waals surface area contributed by atoms with Gasteiger partial charge in [0.05, 0.1) is 18.2 Å². The molecular formula is C10H14F5NO2. The van der Waals surface area contributed by atoms with Crippen LogP contribution >= 0.6 is 0 Å². The van der Waals surface area contributed by atoms with E-state index in [0.717, 1.165) is 12.8 Å². The van der Waals surface area contributed by atoms with E-state index in [9.17, 15) is 26.7 Å². The van der Waals surface area contributed by atoms with Gasteiger partial charge in [0.15, 0.2) is 0 Å². The predicted octanol–water partition coefficient (Wildman–Crippen LogP) is 2.26. The number of carbonyl (C=O) groups is 1. The number of alkyl halides is 5. The van der Waals surface area contributed by atoms with E-state index in [2.05, 4.69) is 0 Å². The molecule has 0 spiro atoms. The van der Waals surface area contributed by atoms with Crippen molar-refractivity contribution in [2.24, 2.45) is 0 Å². The Labute approximate surface area is 101 Å². The number of rotatable bonds is 5. The second kappa shape index (κ2) is 4.99. The van der Waals surface area contributed by atoms with Gasteiger partial charge in [-0.15, -0.1) is 0 Å². The van der Waals surface area contributed by atoms with Crippen LogP contribution in [0.25, 0.3) is 0 Å². The molecule has 1 N–H and O–H groups in total. The van der Waals surface area contributed by atoms with Crippen molar-refractivity contribution in [1.82, 2.24) is 5.32 Å². The second-order valence-electron chi connectivity index (χ2n) is 4.37. The fourth-order valence-corrected chi connectivity index (χ4v) is 1.17. The predicted molar refractivity (Wildman–Crippen MR) is 52.2 cm³/mol. The molecule has 0 radical (unpaired) electrons. The summed E-state index contributed by atoms with van der Waals surface area (Å²) in [5.74, 6) is -7.74. The minimum absolute atomic E-state index is 0.0162. The monoisotopic (exact) mass is 275 g/mol. The normalized spacial score (nSPS) is 20.4. The molecule has 2 unspecified atom stereocenters. The van der Waals surface area contributed by atoms with Crippen molar-refractivity contribution in [2.75, 3.05) is 0 Å².